The number of carbonyl (C=O) groups excluding carboxylic acids is 1. The number of phenolic OH excluding ortho intramolecular Hbond substituents is 2. The number of aliphatic hydroxyl groups is 1. The van der Waals surface area contributed by atoms with Crippen molar-refractivity contribution >= 4 is 38.3 Å². The molecule has 1 aliphatic heterocycles. The quantitative estimate of drug-likeness (QED) is 0.216. The topological polar surface area (TPSA) is 165 Å². The number of methoxy groups -OCH3 is 3. The van der Waals surface area contributed by atoms with Crippen molar-refractivity contribution < 1.29 is 48.6 Å². The number of hydrogen-bond acceptors (Lipinski definition) is 11. The molecule has 216 valence electrons. The number of rotatable bonds is 4. The molecule has 1 atom stereocenters. The van der Waals surface area contributed by atoms with Crippen LogP contribution in [0.15, 0.2) is 39.5 Å². The molecule has 4 N–H and O–H groups in total. The van der Waals surface area contributed by atoms with Gasteiger partial charge in [-0.1, -0.05) is 0 Å². The lowest BCUT2D eigenvalue weighted by atomic mass is 9.86. The van der Waals surface area contributed by atoms with Crippen LogP contribution in [-0.4, -0.2) is 53.3 Å². The van der Waals surface area contributed by atoms with Crippen LogP contribution in [0.4, 0.5) is 0 Å². The largest absolute Gasteiger partial charge is 0.507 e. The summed E-state index contributed by atoms with van der Waals surface area (Å²) in [7, 11) is 4.12. The lowest BCUT2D eigenvalue weighted by molar-refractivity contribution is -0.122. The molecular weight excluding hydrogens is 548 g/mol. The molecule has 0 aliphatic carbocycles. The van der Waals surface area contributed by atoms with Crippen molar-refractivity contribution in [1.29, 1.82) is 0 Å². The highest BCUT2D eigenvalue weighted by Crippen LogP contribution is 2.55. The van der Waals surface area contributed by atoms with E-state index in [4.69, 9.17) is 23.4 Å². The highest BCUT2D eigenvalue weighted by molar-refractivity contribution is 6.19. The second kappa shape index (κ2) is 9.18. The van der Waals surface area contributed by atoms with Crippen LogP contribution in [0.5, 0.6) is 40.2 Å². The first-order valence-corrected chi connectivity index (χ1v) is 12.8. The van der Waals surface area contributed by atoms with Gasteiger partial charge in [-0.3, -0.25) is 9.59 Å². The number of ketones is 1. The predicted molar refractivity (Wildman–Crippen MR) is 153 cm³/mol. The van der Waals surface area contributed by atoms with E-state index in [1.807, 2.05) is 0 Å². The van der Waals surface area contributed by atoms with Crippen molar-refractivity contribution in [1.82, 2.24) is 0 Å². The van der Waals surface area contributed by atoms with Crippen LogP contribution < -0.4 is 24.4 Å². The fourth-order valence-electron chi connectivity index (χ4n) is 5.75. The van der Waals surface area contributed by atoms with E-state index in [2.05, 4.69) is 0 Å². The van der Waals surface area contributed by atoms with Gasteiger partial charge < -0.3 is 43.8 Å². The molecule has 0 amide bonds. The third kappa shape index (κ3) is 3.77. The monoisotopic (exact) mass is 574 g/mol. The Morgan fingerprint density at radius 2 is 1.55 bits per heavy atom. The van der Waals surface area contributed by atoms with Crippen LogP contribution >= 0.6 is 0 Å². The summed E-state index contributed by atoms with van der Waals surface area (Å²) in [6.45, 7) is 2.90. The number of ether oxygens (including phenoxy) is 4. The third-order valence-corrected chi connectivity index (χ3v) is 7.41. The van der Waals surface area contributed by atoms with Gasteiger partial charge in [0.1, 0.15) is 57.0 Å². The Balaban J connectivity index is 1.91. The molecule has 0 spiro atoms. The number of carbonyl (C=O) groups is 1. The molecule has 4 aromatic carbocycles. The van der Waals surface area contributed by atoms with Gasteiger partial charge in [0.15, 0.2) is 16.8 Å². The van der Waals surface area contributed by atoms with Crippen molar-refractivity contribution in [3.63, 3.8) is 0 Å². The van der Waals surface area contributed by atoms with E-state index in [1.54, 1.807) is 6.92 Å². The fourth-order valence-corrected chi connectivity index (χ4v) is 5.75. The predicted octanol–water partition coefficient (Wildman–Crippen LogP) is 4.89. The van der Waals surface area contributed by atoms with Crippen molar-refractivity contribution in [3.8, 4) is 51.4 Å². The molecule has 11 heteroatoms. The van der Waals surface area contributed by atoms with E-state index in [0.29, 0.717) is 11.5 Å². The van der Waals surface area contributed by atoms with E-state index in [9.17, 15) is 30.0 Å². The molecular formula is C31H26O11. The molecule has 0 saturated carbocycles. The minimum atomic E-state index is -1.97. The smallest absolute Gasteiger partial charge is 0.212 e. The second-order valence-electron chi connectivity index (χ2n) is 10.3. The average molecular weight is 575 g/mol. The van der Waals surface area contributed by atoms with E-state index in [-0.39, 0.29) is 78.0 Å². The van der Waals surface area contributed by atoms with E-state index in [1.165, 1.54) is 58.6 Å². The molecule has 5 aromatic rings. The summed E-state index contributed by atoms with van der Waals surface area (Å²) in [5, 5.41) is 44.4. The van der Waals surface area contributed by atoms with Gasteiger partial charge in [0.25, 0.3) is 0 Å². The summed E-state index contributed by atoms with van der Waals surface area (Å²) in [6, 6.07) is 6.93. The normalized spacial score (nSPS) is 16.5. The second-order valence-corrected chi connectivity index (χ2v) is 10.3. The first-order chi connectivity index (χ1) is 19.9. The molecule has 0 fully saturated rings. The molecule has 11 nitrogen and oxygen atoms in total. The summed E-state index contributed by atoms with van der Waals surface area (Å²) < 4.78 is 28.7. The Morgan fingerprint density at radius 3 is 2.21 bits per heavy atom. The Labute approximate surface area is 237 Å². The first kappa shape index (κ1) is 27.0. The molecule has 1 unspecified atom stereocenters. The maximum absolute atomic E-state index is 14.0. The molecule has 1 aromatic heterocycles. The SMILES string of the molecule is COc1cc(OC)c2c(O)c3c(c(-c4c(OC)c5c(cc(O)c6c(O)cc(C)oc65)cc4=O)c2c1)OC(C)(O)CC3=O. The van der Waals surface area contributed by atoms with Gasteiger partial charge in [-0.15, -0.1) is 0 Å². The molecule has 1 aliphatic rings. The van der Waals surface area contributed by atoms with Gasteiger partial charge in [-0.25, -0.2) is 0 Å². The Bertz CT molecular complexity index is 2050. The van der Waals surface area contributed by atoms with Crippen LogP contribution in [0.2, 0.25) is 0 Å². The van der Waals surface area contributed by atoms with Gasteiger partial charge >= 0.3 is 0 Å². The number of Topliss-reactive ketones (excluding diaryl/α,β-unsaturated/α-hetero) is 1. The lowest BCUT2D eigenvalue weighted by Gasteiger charge is -2.33. The number of aromatic hydroxyl groups is 3. The lowest BCUT2D eigenvalue weighted by Crippen LogP contribution is -2.39. The maximum Gasteiger partial charge on any atom is 0.212 e. The summed E-state index contributed by atoms with van der Waals surface area (Å²) in [6.07, 6.45) is -0.461. The minimum Gasteiger partial charge on any atom is -0.507 e. The van der Waals surface area contributed by atoms with Crippen molar-refractivity contribution in [2.45, 2.75) is 26.1 Å². The number of fused-ring (bicyclic) bond motifs is 5. The Kier molecular flexibility index (Phi) is 5.91. The summed E-state index contributed by atoms with van der Waals surface area (Å²) in [5.74, 6) is -3.14. The van der Waals surface area contributed by atoms with Crippen molar-refractivity contribution in [2.24, 2.45) is 0 Å². The molecule has 0 bridgehead atoms. The number of hydrogen-bond donors (Lipinski definition) is 4. The zero-order valence-electron chi connectivity index (χ0n) is 23.2. The van der Waals surface area contributed by atoms with E-state index < -0.39 is 29.2 Å². The Morgan fingerprint density at radius 1 is 0.833 bits per heavy atom. The van der Waals surface area contributed by atoms with Gasteiger partial charge in [-0.05, 0) is 30.5 Å². The van der Waals surface area contributed by atoms with Crippen LogP contribution in [0.1, 0.15) is 29.5 Å². The highest BCUT2D eigenvalue weighted by atomic mass is 16.6. The summed E-state index contributed by atoms with van der Waals surface area (Å²) in [4.78, 5) is 27.4. The molecule has 0 saturated heterocycles. The average Bonchev–Trinajstić information content (AvgIpc) is 2.91. The summed E-state index contributed by atoms with van der Waals surface area (Å²) >= 11 is 0. The minimum absolute atomic E-state index is 0.00806. The molecule has 6 rings (SSSR count). The third-order valence-electron chi connectivity index (χ3n) is 7.41. The highest BCUT2D eigenvalue weighted by Gasteiger charge is 2.41. The van der Waals surface area contributed by atoms with Crippen LogP contribution in [0.25, 0.3) is 43.6 Å². The van der Waals surface area contributed by atoms with Gasteiger partial charge in [0.2, 0.25) is 5.79 Å². The van der Waals surface area contributed by atoms with Gasteiger partial charge in [0, 0.05) is 30.0 Å². The van der Waals surface area contributed by atoms with E-state index in [0.717, 1.165) is 0 Å². The Hall–Kier alpha value is -5.16. The maximum atomic E-state index is 14.0. The van der Waals surface area contributed by atoms with Crippen LogP contribution in [0.3, 0.4) is 0 Å². The number of aryl methyl sites for hydroxylation is 1. The van der Waals surface area contributed by atoms with E-state index >= 15 is 0 Å². The fraction of sp³-hybridized carbons (Fsp3) is 0.226. The number of phenols is 2. The molecule has 0 radical (unpaired) electrons. The number of benzene rings is 4. The summed E-state index contributed by atoms with van der Waals surface area (Å²) in [5.41, 5.74) is -0.896. The first-order valence-electron chi connectivity index (χ1n) is 12.8. The van der Waals surface area contributed by atoms with Crippen molar-refractivity contribution in [2.75, 3.05) is 21.3 Å². The molecule has 2 heterocycles. The van der Waals surface area contributed by atoms with Gasteiger partial charge in [-0.2, -0.15) is 0 Å². The zero-order chi connectivity index (χ0) is 30.2. The standard InChI is InChI=1S/C31H26O11/c1-12-6-16(32)24-17(33)7-13-8-18(34)25(28(40-5)21(13)29(24)41-12)23-15-9-14(38-3)10-20(39-4)22(15)27(36)26-19(35)11-31(2,37)42-30(23)26/h6-10,32-33,36-37H,11H2,1-5H3. The molecule has 42 heavy (non-hydrogen) atoms. The van der Waals surface area contributed by atoms with Gasteiger partial charge in [0.05, 0.1) is 44.1 Å². The van der Waals surface area contributed by atoms with Crippen molar-refractivity contribution in [3.05, 3.63) is 51.9 Å². The zero-order valence-corrected chi connectivity index (χ0v) is 23.2. The van der Waals surface area contributed by atoms with Crippen LogP contribution in [-0.2, 0) is 0 Å². The van der Waals surface area contributed by atoms with Crippen LogP contribution in [0, 0.1) is 6.92 Å².